The first-order valence-corrected chi connectivity index (χ1v) is 9.18. The molecular formula is C17H15BrFN3O2S. The van der Waals surface area contributed by atoms with E-state index in [1.54, 1.807) is 6.07 Å². The standard InChI is InChI=1S/C17H15BrFN3O2S/c1-2-24-10-4-6-13-14(8-10)22-17(21-13)25-15(16(20)23)11-5-3-9(18)7-12(11)19/h3-8,15H,2H2,1H3,(H2,20,23)(H,21,22). The fourth-order valence-electron chi connectivity index (χ4n) is 2.38. The van der Waals surface area contributed by atoms with E-state index in [2.05, 4.69) is 25.9 Å². The van der Waals surface area contributed by atoms with Gasteiger partial charge in [-0.05, 0) is 31.2 Å². The quantitative estimate of drug-likeness (QED) is 0.582. The SMILES string of the molecule is CCOc1ccc2nc(SC(C(N)=O)c3ccc(Br)cc3F)[nH]c2c1. The Kier molecular flexibility index (Phi) is 5.29. The van der Waals surface area contributed by atoms with E-state index in [4.69, 9.17) is 10.5 Å². The van der Waals surface area contributed by atoms with Gasteiger partial charge >= 0.3 is 0 Å². The monoisotopic (exact) mass is 423 g/mol. The van der Waals surface area contributed by atoms with Gasteiger partial charge in [-0.25, -0.2) is 9.37 Å². The predicted molar refractivity (Wildman–Crippen MR) is 99.2 cm³/mol. The van der Waals surface area contributed by atoms with Crippen LogP contribution in [0.15, 0.2) is 46.0 Å². The van der Waals surface area contributed by atoms with Crippen LogP contribution in [0.4, 0.5) is 4.39 Å². The van der Waals surface area contributed by atoms with Crippen LogP contribution in [0, 0.1) is 5.82 Å². The Bertz CT molecular complexity index is 931. The molecule has 130 valence electrons. The Balaban J connectivity index is 1.92. The summed E-state index contributed by atoms with van der Waals surface area (Å²) >= 11 is 4.28. The fourth-order valence-corrected chi connectivity index (χ4v) is 3.69. The maximum Gasteiger partial charge on any atom is 0.235 e. The average Bonchev–Trinajstić information content (AvgIpc) is 2.95. The van der Waals surface area contributed by atoms with Crippen molar-refractivity contribution < 1.29 is 13.9 Å². The third kappa shape index (κ3) is 3.96. The number of rotatable bonds is 6. The Morgan fingerprint density at radius 1 is 1.40 bits per heavy atom. The van der Waals surface area contributed by atoms with Crippen LogP contribution in [0.1, 0.15) is 17.7 Å². The minimum absolute atomic E-state index is 0.219. The van der Waals surface area contributed by atoms with E-state index in [1.807, 2.05) is 25.1 Å². The number of aromatic amines is 1. The summed E-state index contributed by atoms with van der Waals surface area (Å²) in [5.74, 6) is -0.414. The number of aromatic nitrogens is 2. The van der Waals surface area contributed by atoms with Crippen molar-refractivity contribution in [1.82, 2.24) is 9.97 Å². The van der Waals surface area contributed by atoms with E-state index in [0.29, 0.717) is 16.2 Å². The number of nitrogens with two attached hydrogens (primary N) is 1. The van der Waals surface area contributed by atoms with Gasteiger partial charge in [-0.15, -0.1) is 0 Å². The molecule has 1 unspecified atom stereocenters. The first-order valence-electron chi connectivity index (χ1n) is 7.51. The van der Waals surface area contributed by atoms with Gasteiger partial charge in [0.05, 0.1) is 17.6 Å². The second-order valence-electron chi connectivity index (χ2n) is 5.22. The molecule has 0 aliphatic carbocycles. The molecule has 2 aromatic carbocycles. The Labute approximate surface area is 156 Å². The van der Waals surface area contributed by atoms with Crippen molar-refractivity contribution in [2.75, 3.05) is 6.61 Å². The summed E-state index contributed by atoms with van der Waals surface area (Å²) in [4.78, 5) is 19.4. The summed E-state index contributed by atoms with van der Waals surface area (Å²) in [6.45, 7) is 2.47. The summed E-state index contributed by atoms with van der Waals surface area (Å²) in [6.07, 6.45) is 0. The van der Waals surface area contributed by atoms with Gasteiger partial charge in [-0.2, -0.15) is 0 Å². The minimum atomic E-state index is -0.889. The molecule has 0 bridgehead atoms. The minimum Gasteiger partial charge on any atom is -0.494 e. The van der Waals surface area contributed by atoms with E-state index >= 15 is 0 Å². The van der Waals surface area contributed by atoms with E-state index in [1.165, 1.54) is 12.1 Å². The van der Waals surface area contributed by atoms with Gasteiger partial charge < -0.3 is 15.5 Å². The summed E-state index contributed by atoms with van der Waals surface area (Å²) in [6, 6.07) is 9.98. The van der Waals surface area contributed by atoms with Crippen molar-refractivity contribution in [1.29, 1.82) is 0 Å². The second-order valence-corrected chi connectivity index (χ2v) is 7.23. The molecule has 0 radical (unpaired) electrons. The van der Waals surface area contributed by atoms with Crippen LogP contribution in [0.25, 0.3) is 11.0 Å². The molecule has 0 fully saturated rings. The number of thioether (sulfide) groups is 1. The van der Waals surface area contributed by atoms with Crippen molar-refractivity contribution in [2.24, 2.45) is 5.73 Å². The first kappa shape index (κ1) is 17.8. The molecule has 0 spiro atoms. The van der Waals surface area contributed by atoms with Gasteiger partial charge in [-0.3, -0.25) is 4.79 Å². The molecular weight excluding hydrogens is 409 g/mol. The number of halogens is 2. The number of primary amides is 1. The van der Waals surface area contributed by atoms with Crippen molar-refractivity contribution >= 4 is 44.6 Å². The number of hydrogen-bond acceptors (Lipinski definition) is 4. The molecule has 1 heterocycles. The molecule has 1 amide bonds. The van der Waals surface area contributed by atoms with Gasteiger partial charge in [0.25, 0.3) is 0 Å². The Hall–Kier alpha value is -2.06. The number of ether oxygens (including phenoxy) is 1. The lowest BCUT2D eigenvalue weighted by molar-refractivity contribution is -0.117. The van der Waals surface area contributed by atoms with Crippen LogP contribution in [0.5, 0.6) is 5.75 Å². The lowest BCUT2D eigenvalue weighted by atomic mass is 10.1. The number of nitrogens with one attached hydrogen (secondary N) is 1. The molecule has 0 saturated heterocycles. The van der Waals surface area contributed by atoms with Crippen molar-refractivity contribution in [3.8, 4) is 5.75 Å². The zero-order valence-electron chi connectivity index (χ0n) is 13.3. The van der Waals surface area contributed by atoms with Crippen molar-refractivity contribution in [3.05, 3.63) is 52.3 Å². The van der Waals surface area contributed by atoms with E-state index in [0.717, 1.165) is 28.5 Å². The maximum atomic E-state index is 14.2. The van der Waals surface area contributed by atoms with E-state index in [9.17, 15) is 9.18 Å². The first-order chi connectivity index (χ1) is 12.0. The molecule has 1 atom stereocenters. The zero-order chi connectivity index (χ0) is 18.0. The highest BCUT2D eigenvalue weighted by molar-refractivity contribution is 9.10. The molecule has 0 saturated carbocycles. The number of amides is 1. The molecule has 8 heteroatoms. The second kappa shape index (κ2) is 7.45. The highest BCUT2D eigenvalue weighted by Gasteiger charge is 2.24. The number of hydrogen-bond donors (Lipinski definition) is 2. The van der Waals surface area contributed by atoms with Crippen LogP contribution in [-0.2, 0) is 4.79 Å². The Morgan fingerprint density at radius 2 is 2.20 bits per heavy atom. The number of nitrogens with zero attached hydrogens (tertiary/aromatic N) is 1. The van der Waals surface area contributed by atoms with Gasteiger partial charge in [-0.1, -0.05) is 33.8 Å². The lowest BCUT2D eigenvalue weighted by Gasteiger charge is -2.12. The number of carbonyl (C=O) groups is 1. The number of imidazole rings is 1. The van der Waals surface area contributed by atoms with E-state index < -0.39 is 17.0 Å². The van der Waals surface area contributed by atoms with Crippen molar-refractivity contribution in [3.63, 3.8) is 0 Å². The van der Waals surface area contributed by atoms with E-state index in [-0.39, 0.29) is 5.56 Å². The third-order valence-corrected chi connectivity index (χ3v) is 5.11. The zero-order valence-corrected chi connectivity index (χ0v) is 15.7. The largest absolute Gasteiger partial charge is 0.494 e. The topological polar surface area (TPSA) is 81.0 Å². The molecule has 0 aliphatic rings. The molecule has 3 aromatic rings. The lowest BCUT2D eigenvalue weighted by Crippen LogP contribution is -2.20. The third-order valence-electron chi connectivity index (χ3n) is 3.48. The van der Waals surface area contributed by atoms with Crippen LogP contribution in [-0.4, -0.2) is 22.5 Å². The van der Waals surface area contributed by atoms with Crippen LogP contribution in [0.3, 0.4) is 0 Å². The predicted octanol–water partition coefficient (Wildman–Crippen LogP) is 4.18. The van der Waals surface area contributed by atoms with Gasteiger partial charge in [0.1, 0.15) is 16.8 Å². The van der Waals surface area contributed by atoms with Crippen molar-refractivity contribution in [2.45, 2.75) is 17.3 Å². The normalized spacial score (nSPS) is 12.3. The van der Waals surface area contributed by atoms with Crippen LogP contribution >= 0.6 is 27.7 Å². The van der Waals surface area contributed by atoms with Gasteiger partial charge in [0.15, 0.2) is 5.16 Å². The number of H-pyrrole nitrogens is 1. The number of benzene rings is 2. The summed E-state index contributed by atoms with van der Waals surface area (Å²) in [5, 5.41) is -0.408. The average molecular weight is 424 g/mol. The summed E-state index contributed by atoms with van der Waals surface area (Å²) in [5.41, 5.74) is 7.20. The fraction of sp³-hybridized carbons (Fsp3) is 0.176. The Morgan fingerprint density at radius 3 is 2.88 bits per heavy atom. The number of fused-ring (bicyclic) bond motifs is 1. The van der Waals surface area contributed by atoms with Gasteiger partial charge in [0, 0.05) is 16.1 Å². The highest BCUT2D eigenvalue weighted by Crippen LogP contribution is 2.36. The maximum absolute atomic E-state index is 14.2. The highest BCUT2D eigenvalue weighted by atomic mass is 79.9. The molecule has 25 heavy (non-hydrogen) atoms. The molecule has 3 rings (SSSR count). The van der Waals surface area contributed by atoms with Gasteiger partial charge in [0.2, 0.25) is 5.91 Å². The summed E-state index contributed by atoms with van der Waals surface area (Å²) in [7, 11) is 0. The van der Waals surface area contributed by atoms with Crippen LogP contribution in [0.2, 0.25) is 0 Å². The smallest absolute Gasteiger partial charge is 0.235 e. The number of carbonyl (C=O) groups excluding carboxylic acids is 1. The molecule has 5 nitrogen and oxygen atoms in total. The molecule has 3 N–H and O–H groups in total. The summed E-state index contributed by atoms with van der Waals surface area (Å²) < 4.78 is 20.3. The molecule has 1 aromatic heterocycles. The van der Waals surface area contributed by atoms with Crippen LogP contribution < -0.4 is 10.5 Å². The molecule has 0 aliphatic heterocycles.